The van der Waals surface area contributed by atoms with Crippen LogP contribution in [0.5, 0.6) is 5.75 Å². The molecule has 0 saturated carbocycles. The van der Waals surface area contributed by atoms with Crippen LogP contribution in [0.2, 0.25) is 0 Å². The van der Waals surface area contributed by atoms with Gasteiger partial charge in [0.2, 0.25) is 0 Å². The lowest BCUT2D eigenvalue weighted by Crippen LogP contribution is -2.11. The fourth-order valence-electron chi connectivity index (χ4n) is 1.84. The minimum absolute atomic E-state index is 0.118. The second-order valence-corrected chi connectivity index (χ2v) is 5.14. The Balaban J connectivity index is 2.31. The molecule has 2 rings (SSSR count). The number of halogens is 1. The number of rotatable bonds is 3. The molecule has 0 aliphatic rings. The summed E-state index contributed by atoms with van der Waals surface area (Å²) in [4.78, 5) is 0. The molecule has 0 spiro atoms. The van der Waals surface area contributed by atoms with Gasteiger partial charge in [0.25, 0.3) is 0 Å². The van der Waals surface area contributed by atoms with Crippen molar-refractivity contribution < 1.29 is 4.74 Å². The third kappa shape index (κ3) is 2.74. The van der Waals surface area contributed by atoms with Gasteiger partial charge in [0.15, 0.2) is 0 Å². The molecule has 0 heterocycles. The van der Waals surface area contributed by atoms with Crippen molar-refractivity contribution in [3.05, 3.63) is 63.6 Å². The van der Waals surface area contributed by atoms with Crippen LogP contribution in [0.1, 0.15) is 22.7 Å². The summed E-state index contributed by atoms with van der Waals surface area (Å²) in [6.07, 6.45) is 0. The minimum atomic E-state index is -0.118. The maximum absolute atomic E-state index is 6.27. The summed E-state index contributed by atoms with van der Waals surface area (Å²) in [7, 11) is 1.65. The topological polar surface area (TPSA) is 35.2 Å². The normalized spacial score (nSPS) is 12.2. The average molecular weight is 306 g/mol. The number of methoxy groups -OCH3 is 1. The van der Waals surface area contributed by atoms with E-state index in [4.69, 9.17) is 10.5 Å². The van der Waals surface area contributed by atoms with Gasteiger partial charge in [-0.1, -0.05) is 35.9 Å². The first kappa shape index (κ1) is 13.1. The van der Waals surface area contributed by atoms with Crippen molar-refractivity contribution >= 4 is 15.9 Å². The molecule has 0 bridgehead atoms. The number of hydrogen-bond donors (Lipinski definition) is 1. The van der Waals surface area contributed by atoms with E-state index in [1.807, 2.05) is 18.2 Å². The molecule has 0 radical (unpaired) electrons. The highest BCUT2D eigenvalue weighted by Gasteiger charge is 2.10. The van der Waals surface area contributed by atoms with Gasteiger partial charge in [-0.25, -0.2) is 0 Å². The SMILES string of the molecule is COc1ccc(C(N)c2ccc(C)cc2)cc1Br. The molecule has 1 atom stereocenters. The van der Waals surface area contributed by atoms with E-state index in [1.54, 1.807) is 7.11 Å². The van der Waals surface area contributed by atoms with Gasteiger partial charge in [-0.3, -0.25) is 0 Å². The highest BCUT2D eigenvalue weighted by atomic mass is 79.9. The van der Waals surface area contributed by atoms with E-state index in [9.17, 15) is 0 Å². The highest BCUT2D eigenvalue weighted by Crippen LogP contribution is 2.29. The Labute approximate surface area is 116 Å². The van der Waals surface area contributed by atoms with Gasteiger partial charge in [0.1, 0.15) is 5.75 Å². The number of ether oxygens (including phenoxy) is 1. The summed E-state index contributed by atoms with van der Waals surface area (Å²) >= 11 is 3.48. The lowest BCUT2D eigenvalue weighted by Gasteiger charge is -2.14. The molecule has 0 aromatic heterocycles. The van der Waals surface area contributed by atoms with Crippen molar-refractivity contribution in [1.29, 1.82) is 0 Å². The Kier molecular flexibility index (Phi) is 4.04. The van der Waals surface area contributed by atoms with Crippen LogP contribution in [0.3, 0.4) is 0 Å². The molecule has 3 heteroatoms. The zero-order valence-electron chi connectivity index (χ0n) is 10.5. The Morgan fingerprint density at radius 2 is 1.67 bits per heavy atom. The Hall–Kier alpha value is -1.32. The lowest BCUT2D eigenvalue weighted by molar-refractivity contribution is 0.412. The average Bonchev–Trinajstić information content (AvgIpc) is 2.38. The number of aryl methyl sites for hydroxylation is 1. The molecule has 1 unspecified atom stereocenters. The van der Waals surface area contributed by atoms with Crippen molar-refractivity contribution in [2.24, 2.45) is 5.73 Å². The van der Waals surface area contributed by atoms with Gasteiger partial charge < -0.3 is 10.5 Å². The Morgan fingerprint density at radius 3 is 2.22 bits per heavy atom. The molecular formula is C15H16BrNO. The molecule has 94 valence electrons. The molecule has 2 aromatic carbocycles. The third-order valence-corrected chi connectivity index (χ3v) is 3.59. The van der Waals surface area contributed by atoms with Crippen LogP contribution in [0.4, 0.5) is 0 Å². The van der Waals surface area contributed by atoms with E-state index in [0.29, 0.717) is 0 Å². The molecule has 0 amide bonds. The number of hydrogen-bond acceptors (Lipinski definition) is 2. The molecule has 18 heavy (non-hydrogen) atoms. The fourth-order valence-corrected chi connectivity index (χ4v) is 2.40. The van der Waals surface area contributed by atoms with Crippen molar-refractivity contribution in [2.75, 3.05) is 7.11 Å². The third-order valence-electron chi connectivity index (χ3n) is 2.97. The smallest absolute Gasteiger partial charge is 0.133 e. The van der Waals surface area contributed by atoms with Crippen molar-refractivity contribution in [3.63, 3.8) is 0 Å². The summed E-state index contributed by atoms with van der Waals surface area (Å²) in [6.45, 7) is 2.07. The van der Waals surface area contributed by atoms with Crippen LogP contribution in [-0.2, 0) is 0 Å². The van der Waals surface area contributed by atoms with Crippen molar-refractivity contribution in [2.45, 2.75) is 13.0 Å². The lowest BCUT2D eigenvalue weighted by atomic mass is 9.99. The second-order valence-electron chi connectivity index (χ2n) is 4.28. The summed E-state index contributed by atoms with van der Waals surface area (Å²) in [6, 6.07) is 14.1. The largest absolute Gasteiger partial charge is 0.496 e. The monoisotopic (exact) mass is 305 g/mol. The van der Waals surface area contributed by atoms with Crippen LogP contribution in [0.15, 0.2) is 46.9 Å². The predicted octanol–water partition coefficient (Wildman–Crippen LogP) is 3.81. The number of nitrogens with two attached hydrogens (primary N) is 1. The summed E-state index contributed by atoms with van der Waals surface area (Å²) in [5.74, 6) is 0.815. The fraction of sp³-hybridized carbons (Fsp3) is 0.200. The standard InChI is InChI=1S/C15H16BrNO/c1-10-3-5-11(6-4-10)15(17)12-7-8-14(18-2)13(16)9-12/h3-9,15H,17H2,1-2H3. The second kappa shape index (κ2) is 5.55. The molecule has 2 aromatic rings. The Bertz CT molecular complexity index is 537. The maximum Gasteiger partial charge on any atom is 0.133 e. The van der Waals surface area contributed by atoms with Crippen LogP contribution >= 0.6 is 15.9 Å². The summed E-state index contributed by atoms with van der Waals surface area (Å²) in [5, 5.41) is 0. The minimum Gasteiger partial charge on any atom is -0.496 e. The van der Waals surface area contributed by atoms with Crippen molar-refractivity contribution in [3.8, 4) is 5.75 Å². The van der Waals surface area contributed by atoms with E-state index >= 15 is 0 Å². The molecule has 2 nitrogen and oxygen atoms in total. The van der Waals surface area contributed by atoms with E-state index in [-0.39, 0.29) is 6.04 Å². The van der Waals surface area contributed by atoms with E-state index in [1.165, 1.54) is 5.56 Å². The molecule has 0 aliphatic carbocycles. The van der Waals surface area contributed by atoms with Crippen LogP contribution in [0, 0.1) is 6.92 Å². The van der Waals surface area contributed by atoms with Gasteiger partial charge in [-0.2, -0.15) is 0 Å². The van der Waals surface area contributed by atoms with Gasteiger partial charge in [-0.05, 0) is 46.1 Å². The van der Waals surface area contributed by atoms with Gasteiger partial charge in [0, 0.05) is 0 Å². The molecule has 0 saturated heterocycles. The zero-order chi connectivity index (χ0) is 13.1. The van der Waals surface area contributed by atoms with Crippen LogP contribution < -0.4 is 10.5 Å². The molecule has 0 aliphatic heterocycles. The molecule has 2 N–H and O–H groups in total. The first-order valence-corrected chi connectivity index (χ1v) is 6.56. The summed E-state index contributed by atoms with van der Waals surface area (Å²) in [5.41, 5.74) is 9.67. The molecular weight excluding hydrogens is 290 g/mol. The summed E-state index contributed by atoms with van der Waals surface area (Å²) < 4.78 is 6.13. The van der Waals surface area contributed by atoms with Gasteiger partial charge in [0.05, 0.1) is 17.6 Å². The maximum atomic E-state index is 6.27. The highest BCUT2D eigenvalue weighted by molar-refractivity contribution is 9.10. The van der Waals surface area contributed by atoms with Crippen LogP contribution in [0.25, 0.3) is 0 Å². The predicted molar refractivity (Wildman–Crippen MR) is 77.9 cm³/mol. The van der Waals surface area contributed by atoms with Crippen molar-refractivity contribution in [1.82, 2.24) is 0 Å². The van der Waals surface area contributed by atoms with Gasteiger partial charge >= 0.3 is 0 Å². The molecule has 0 fully saturated rings. The van der Waals surface area contributed by atoms with Gasteiger partial charge in [-0.15, -0.1) is 0 Å². The number of benzene rings is 2. The zero-order valence-corrected chi connectivity index (χ0v) is 12.1. The quantitative estimate of drug-likeness (QED) is 0.936. The van der Waals surface area contributed by atoms with E-state index in [2.05, 4.69) is 47.1 Å². The Morgan fingerprint density at radius 1 is 1.06 bits per heavy atom. The van der Waals surface area contributed by atoms with E-state index in [0.717, 1.165) is 21.3 Å². The first-order valence-electron chi connectivity index (χ1n) is 5.77. The first-order chi connectivity index (χ1) is 8.61. The van der Waals surface area contributed by atoms with E-state index < -0.39 is 0 Å². The van der Waals surface area contributed by atoms with Crippen LogP contribution in [-0.4, -0.2) is 7.11 Å².